The molecule has 0 amide bonds. The molecule has 1 aromatic heterocycles. The van der Waals surface area contributed by atoms with Gasteiger partial charge in [-0.2, -0.15) is 0 Å². The Morgan fingerprint density at radius 3 is 2.02 bits per heavy atom. The van der Waals surface area contributed by atoms with Gasteiger partial charge in [-0.3, -0.25) is 0 Å². The molecular formula is C55H69N3. The highest BCUT2D eigenvalue weighted by Gasteiger charge is 2.42. The van der Waals surface area contributed by atoms with Gasteiger partial charge in [0.05, 0.1) is 16.8 Å². The molecule has 0 fully saturated rings. The van der Waals surface area contributed by atoms with Gasteiger partial charge in [0.1, 0.15) is 0 Å². The summed E-state index contributed by atoms with van der Waals surface area (Å²) in [4.78, 5) is 10.3. The molecule has 3 nitrogen and oxygen atoms in total. The standard InChI is InChI=1S/C42H45N3.C6H6.C3H6.2C2H6/c1-8-29(5)30(6)21-22-31(9-2)38-27-39(32-16-12-10-11-13-17-32)45-41(44-38)33-23-24-37-35(26-33)34-18-14-15-19-36(34)42(37,7)40(43)25-20-28(3)4;1-2-4-6-5-3-1;1-3-2;2*1-2/h8-10,12,14-16,18-28,43H,2,11,13,17H2,1,3-7H3;1-6H;3H,1H2,2H3;2*1-2H3/b25-20-,29-8+,30-21+,31-22+,43-40?;;;;. The van der Waals surface area contributed by atoms with Crippen LogP contribution in [0.25, 0.3) is 33.7 Å². The molecule has 2 aliphatic rings. The van der Waals surface area contributed by atoms with Gasteiger partial charge in [-0.25, -0.2) is 9.97 Å². The number of nitrogens with one attached hydrogen (secondary N) is 1. The van der Waals surface area contributed by atoms with Crippen molar-refractivity contribution >= 4 is 16.9 Å². The van der Waals surface area contributed by atoms with E-state index in [0.717, 1.165) is 58.5 Å². The molecule has 1 heterocycles. The first-order valence-electron chi connectivity index (χ1n) is 21.1. The van der Waals surface area contributed by atoms with Gasteiger partial charge in [0.25, 0.3) is 0 Å². The van der Waals surface area contributed by atoms with Gasteiger partial charge in [-0.15, -0.1) is 6.58 Å². The molecule has 0 radical (unpaired) electrons. The van der Waals surface area contributed by atoms with Crippen molar-refractivity contribution in [3.8, 4) is 22.5 Å². The second kappa shape index (κ2) is 25.6. The zero-order valence-corrected chi connectivity index (χ0v) is 37.4. The van der Waals surface area contributed by atoms with E-state index in [1.54, 1.807) is 6.08 Å². The van der Waals surface area contributed by atoms with E-state index in [1.807, 2.05) is 83.2 Å². The molecule has 0 saturated carbocycles. The first-order valence-corrected chi connectivity index (χ1v) is 21.1. The topological polar surface area (TPSA) is 49.6 Å². The lowest BCUT2D eigenvalue weighted by atomic mass is 9.75. The molecule has 3 aromatic carbocycles. The minimum atomic E-state index is -0.533. The zero-order chi connectivity index (χ0) is 43.1. The fourth-order valence-corrected chi connectivity index (χ4v) is 6.48. The third kappa shape index (κ3) is 12.9. The van der Waals surface area contributed by atoms with Crippen molar-refractivity contribution in [3.63, 3.8) is 0 Å². The molecule has 4 aromatic rings. The molecule has 1 atom stereocenters. The zero-order valence-electron chi connectivity index (χ0n) is 37.4. The predicted octanol–water partition coefficient (Wildman–Crippen LogP) is 16.2. The maximum Gasteiger partial charge on any atom is 0.160 e. The third-order valence-electron chi connectivity index (χ3n) is 9.81. The smallest absolute Gasteiger partial charge is 0.160 e. The number of benzene rings is 3. The van der Waals surface area contributed by atoms with Gasteiger partial charge in [-0.05, 0) is 117 Å². The quantitative estimate of drug-likeness (QED) is 0.105. The van der Waals surface area contributed by atoms with Crippen LogP contribution in [0.4, 0.5) is 0 Å². The number of hydrogen-bond donors (Lipinski definition) is 1. The Morgan fingerprint density at radius 1 is 0.793 bits per heavy atom. The van der Waals surface area contributed by atoms with E-state index in [0.29, 0.717) is 17.5 Å². The van der Waals surface area contributed by atoms with Crippen molar-refractivity contribution < 1.29 is 0 Å². The number of fused-ring (bicyclic) bond motifs is 3. The number of hydrogen-bond acceptors (Lipinski definition) is 3. The van der Waals surface area contributed by atoms with E-state index in [-0.39, 0.29) is 0 Å². The SMILES string of the molecule is C=CC.C=C\C(=C/C=C(C)/C(C)=C/C)c1cc(C2=CC=CCCC2)nc(-c2ccc3c(c2)-c2ccccc2C3(C)C(=N)/C=C\C(C)C)n1.CC.CC.c1ccccc1. The van der Waals surface area contributed by atoms with Crippen LogP contribution in [0.3, 0.4) is 0 Å². The van der Waals surface area contributed by atoms with E-state index in [2.05, 4.69) is 146 Å². The van der Waals surface area contributed by atoms with Crippen LogP contribution in [-0.4, -0.2) is 15.7 Å². The summed E-state index contributed by atoms with van der Waals surface area (Å²) in [5, 5.41) is 9.17. The summed E-state index contributed by atoms with van der Waals surface area (Å²) in [6.07, 6.45) is 23.8. The van der Waals surface area contributed by atoms with Gasteiger partial charge in [0, 0.05) is 11.3 Å². The molecule has 0 aliphatic heterocycles. The largest absolute Gasteiger partial charge is 0.304 e. The van der Waals surface area contributed by atoms with Gasteiger partial charge >= 0.3 is 0 Å². The van der Waals surface area contributed by atoms with Crippen LogP contribution in [-0.2, 0) is 5.41 Å². The average molecular weight is 772 g/mol. The Balaban J connectivity index is 0.000000778. The van der Waals surface area contributed by atoms with Gasteiger partial charge in [0.15, 0.2) is 5.82 Å². The Hall–Kier alpha value is -5.67. The van der Waals surface area contributed by atoms with Crippen LogP contribution >= 0.6 is 0 Å². The Labute approximate surface area is 352 Å². The summed E-state index contributed by atoms with van der Waals surface area (Å²) in [5.74, 6) is 1.07. The van der Waals surface area contributed by atoms with Gasteiger partial charge < -0.3 is 5.41 Å². The van der Waals surface area contributed by atoms with Crippen molar-refractivity contribution in [2.24, 2.45) is 5.92 Å². The molecule has 58 heavy (non-hydrogen) atoms. The number of allylic oxidation sites excluding steroid dienone is 14. The highest BCUT2D eigenvalue weighted by Crippen LogP contribution is 2.50. The lowest BCUT2D eigenvalue weighted by Crippen LogP contribution is -2.30. The van der Waals surface area contributed by atoms with Crippen molar-refractivity contribution in [2.45, 2.75) is 101 Å². The fourth-order valence-electron chi connectivity index (χ4n) is 6.48. The molecule has 0 spiro atoms. The van der Waals surface area contributed by atoms with Crippen LogP contribution < -0.4 is 0 Å². The number of aromatic nitrogens is 2. The van der Waals surface area contributed by atoms with E-state index >= 15 is 0 Å². The fraction of sp³-hybridized carbons (Fsp3) is 0.291. The average Bonchev–Trinajstić information content (AvgIpc) is 3.40. The summed E-state index contributed by atoms with van der Waals surface area (Å²) in [5.41, 5.74) is 12.1. The molecule has 2 aliphatic carbocycles. The maximum absolute atomic E-state index is 9.17. The summed E-state index contributed by atoms with van der Waals surface area (Å²) >= 11 is 0. The van der Waals surface area contributed by atoms with E-state index in [4.69, 9.17) is 9.97 Å². The van der Waals surface area contributed by atoms with Crippen LogP contribution in [0.2, 0.25) is 0 Å². The van der Waals surface area contributed by atoms with Crippen molar-refractivity contribution in [1.29, 1.82) is 5.41 Å². The first kappa shape index (κ1) is 48.5. The third-order valence-corrected chi connectivity index (χ3v) is 9.81. The first-order chi connectivity index (χ1) is 28.1. The summed E-state index contributed by atoms with van der Waals surface area (Å²) in [6.45, 7) is 30.2. The van der Waals surface area contributed by atoms with Gasteiger partial charge in [0.2, 0.25) is 0 Å². The lowest BCUT2D eigenvalue weighted by molar-refractivity contribution is 0.790. The van der Waals surface area contributed by atoms with E-state index < -0.39 is 5.41 Å². The highest BCUT2D eigenvalue weighted by atomic mass is 14.9. The molecule has 1 N–H and O–H groups in total. The van der Waals surface area contributed by atoms with Crippen LogP contribution in [0.1, 0.15) is 118 Å². The van der Waals surface area contributed by atoms with Crippen molar-refractivity contribution in [2.75, 3.05) is 0 Å². The summed E-state index contributed by atoms with van der Waals surface area (Å²) in [6, 6.07) is 29.1. The van der Waals surface area contributed by atoms with Crippen LogP contribution in [0, 0.1) is 11.3 Å². The summed E-state index contributed by atoms with van der Waals surface area (Å²) in [7, 11) is 0. The van der Waals surface area contributed by atoms with Crippen LogP contribution in [0.5, 0.6) is 0 Å². The Kier molecular flexibility index (Phi) is 21.4. The molecule has 0 saturated heterocycles. The summed E-state index contributed by atoms with van der Waals surface area (Å²) < 4.78 is 0. The highest BCUT2D eigenvalue weighted by molar-refractivity contribution is 6.08. The molecule has 6 rings (SSSR count). The monoisotopic (exact) mass is 772 g/mol. The second-order valence-electron chi connectivity index (χ2n) is 14.1. The molecule has 3 heteroatoms. The Morgan fingerprint density at radius 2 is 1.41 bits per heavy atom. The second-order valence-corrected chi connectivity index (χ2v) is 14.1. The number of nitrogens with zero attached hydrogens (tertiary/aromatic N) is 2. The lowest BCUT2D eigenvalue weighted by Gasteiger charge is -2.27. The molecule has 304 valence electrons. The van der Waals surface area contributed by atoms with Crippen molar-refractivity contribution in [1.82, 2.24) is 9.97 Å². The molecular weight excluding hydrogens is 703 g/mol. The predicted molar refractivity (Wildman–Crippen MR) is 258 cm³/mol. The maximum atomic E-state index is 9.17. The minimum Gasteiger partial charge on any atom is -0.304 e. The minimum absolute atomic E-state index is 0.381. The van der Waals surface area contributed by atoms with Crippen LogP contribution in [0.15, 0.2) is 170 Å². The molecule has 0 bridgehead atoms. The molecule has 1 unspecified atom stereocenters. The van der Waals surface area contributed by atoms with E-state index in [9.17, 15) is 5.41 Å². The van der Waals surface area contributed by atoms with E-state index in [1.165, 1.54) is 22.3 Å². The number of rotatable bonds is 9. The van der Waals surface area contributed by atoms with Gasteiger partial charge in [-0.1, -0.05) is 181 Å². The Bertz CT molecular complexity index is 2090. The van der Waals surface area contributed by atoms with Crippen molar-refractivity contribution in [3.05, 3.63) is 193 Å². The normalized spacial score (nSPS) is 15.7.